The Morgan fingerprint density at radius 2 is 1.80 bits per heavy atom. The predicted molar refractivity (Wildman–Crippen MR) is 63.3 cm³/mol. The zero-order valence-electron chi connectivity index (χ0n) is 8.63. The monoisotopic (exact) mass is 245 g/mol. The molecular formula is C11H13Cl2NO. The average molecular weight is 246 g/mol. The van der Waals surface area contributed by atoms with E-state index >= 15 is 0 Å². The zero-order chi connectivity index (χ0) is 11.4. The first-order chi connectivity index (χ1) is 7.00. The van der Waals surface area contributed by atoms with Gasteiger partial charge in [0.15, 0.2) is 0 Å². The summed E-state index contributed by atoms with van der Waals surface area (Å²) in [5, 5.41) is 2.97. The Hall–Kier alpha value is -0.730. The molecule has 2 atom stereocenters. The maximum atomic E-state index is 11.3. The highest BCUT2D eigenvalue weighted by Gasteiger charge is 2.13. The molecule has 15 heavy (non-hydrogen) atoms. The van der Waals surface area contributed by atoms with Gasteiger partial charge in [0.1, 0.15) is 5.38 Å². The van der Waals surface area contributed by atoms with Crippen LogP contribution in [0, 0.1) is 0 Å². The second-order valence-corrected chi connectivity index (χ2v) is 4.49. The van der Waals surface area contributed by atoms with Gasteiger partial charge < -0.3 is 5.32 Å². The zero-order valence-corrected chi connectivity index (χ0v) is 10.1. The van der Waals surface area contributed by atoms with Crippen LogP contribution in [0.25, 0.3) is 0 Å². The number of halogens is 2. The summed E-state index contributed by atoms with van der Waals surface area (Å²) in [5.74, 6) is -0.167. The van der Waals surface area contributed by atoms with Crippen LogP contribution in [0.15, 0.2) is 24.3 Å². The van der Waals surface area contributed by atoms with Crippen molar-refractivity contribution in [2.24, 2.45) is 0 Å². The Labute approximate surface area is 99.6 Å². The molecule has 1 rings (SSSR count). The molecule has 82 valence electrons. The molecule has 0 fully saturated rings. The smallest absolute Gasteiger partial charge is 0.238 e. The Morgan fingerprint density at radius 3 is 2.27 bits per heavy atom. The quantitative estimate of drug-likeness (QED) is 0.815. The molecular weight excluding hydrogens is 233 g/mol. The molecule has 1 aromatic rings. The van der Waals surface area contributed by atoms with Crippen molar-refractivity contribution in [2.75, 3.05) is 0 Å². The Kier molecular flexibility index (Phi) is 4.43. The molecule has 0 aliphatic carbocycles. The van der Waals surface area contributed by atoms with Crippen molar-refractivity contribution in [2.45, 2.75) is 25.3 Å². The fourth-order valence-electron chi connectivity index (χ4n) is 1.16. The van der Waals surface area contributed by atoms with E-state index in [1.165, 1.54) is 0 Å². The number of benzene rings is 1. The van der Waals surface area contributed by atoms with Crippen LogP contribution in [0.2, 0.25) is 5.02 Å². The van der Waals surface area contributed by atoms with Gasteiger partial charge in [-0.1, -0.05) is 23.7 Å². The third kappa shape index (κ3) is 3.73. The van der Waals surface area contributed by atoms with Gasteiger partial charge in [0.25, 0.3) is 0 Å². The summed E-state index contributed by atoms with van der Waals surface area (Å²) < 4.78 is 0. The second kappa shape index (κ2) is 5.38. The van der Waals surface area contributed by atoms with E-state index in [9.17, 15) is 4.79 Å². The number of rotatable bonds is 3. The second-order valence-electron chi connectivity index (χ2n) is 3.40. The SMILES string of the molecule is C[C@@H](Cl)C(=O)N[C@H](C)c1ccc(Cl)cc1. The molecule has 0 radical (unpaired) electrons. The van der Waals surface area contributed by atoms with Crippen LogP contribution in [0.3, 0.4) is 0 Å². The summed E-state index contributed by atoms with van der Waals surface area (Å²) in [6.45, 7) is 3.55. The van der Waals surface area contributed by atoms with Gasteiger partial charge in [0.05, 0.1) is 6.04 Å². The molecule has 0 saturated heterocycles. The largest absolute Gasteiger partial charge is 0.348 e. The lowest BCUT2D eigenvalue weighted by atomic mass is 10.1. The summed E-state index contributed by atoms with van der Waals surface area (Å²) in [6, 6.07) is 7.29. The Morgan fingerprint density at radius 1 is 1.27 bits per heavy atom. The van der Waals surface area contributed by atoms with E-state index < -0.39 is 5.38 Å². The van der Waals surface area contributed by atoms with Crippen molar-refractivity contribution in [3.63, 3.8) is 0 Å². The van der Waals surface area contributed by atoms with Crippen molar-refractivity contribution >= 4 is 29.1 Å². The molecule has 0 saturated carbocycles. The van der Waals surface area contributed by atoms with Crippen LogP contribution in [-0.4, -0.2) is 11.3 Å². The lowest BCUT2D eigenvalue weighted by Crippen LogP contribution is -2.31. The predicted octanol–water partition coefficient (Wildman–Crippen LogP) is 3.14. The first-order valence-electron chi connectivity index (χ1n) is 4.70. The lowest BCUT2D eigenvalue weighted by Gasteiger charge is -2.15. The van der Waals surface area contributed by atoms with Crippen LogP contribution >= 0.6 is 23.2 Å². The average Bonchev–Trinajstić information content (AvgIpc) is 2.18. The van der Waals surface area contributed by atoms with Gasteiger partial charge in [-0.3, -0.25) is 4.79 Å². The van der Waals surface area contributed by atoms with Gasteiger partial charge in [-0.25, -0.2) is 0 Å². The molecule has 1 aromatic carbocycles. The number of alkyl halides is 1. The third-order valence-electron chi connectivity index (χ3n) is 2.09. The maximum absolute atomic E-state index is 11.3. The van der Waals surface area contributed by atoms with Crippen molar-refractivity contribution in [3.05, 3.63) is 34.9 Å². The van der Waals surface area contributed by atoms with Crippen molar-refractivity contribution in [1.82, 2.24) is 5.32 Å². The van der Waals surface area contributed by atoms with Crippen LogP contribution in [0.5, 0.6) is 0 Å². The van der Waals surface area contributed by atoms with E-state index in [-0.39, 0.29) is 11.9 Å². The van der Waals surface area contributed by atoms with Gasteiger partial charge in [-0.15, -0.1) is 11.6 Å². The molecule has 1 N–H and O–H groups in total. The molecule has 4 heteroatoms. The first-order valence-corrected chi connectivity index (χ1v) is 5.52. The highest BCUT2D eigenvalue weighted by molar-refractivity contribution is 6.30. The van der Waals surface area contributed by atoms with Crippen LogP contribution in [0.4, 0.5) is 0 Å². The van der Waals surface area contributed by atoms with E-state index in [4.69, 9.17) is 23.2 Å². The molecule has 0 aliphatic heterocycles. The third-order valence-corrected chi connectivity index (χ3v) is 2.54. The van der Waals surface area contributed by atoms with Crippen LogP contribution in [0.1, 0.15) is 25.5 Å². The molecule has 0 spiro atoms. The van der Waals surface area contributed by atoms with Gasteiger partial charge in [-0.2, -0.15) is 0 Å². The fourth-order valence-corrected chi connectivity index (χ4v) is 1.35. The highest BCUT2D eigenvalue weighted by atomic mass is 35.5. The molecule has 0 heterocycles. The van der Waals surface area contributed by atoms with Crippen LogP contribution < -0.4 is 5.32 Å². The maximum Gasteiger partial charge on any atom is 0.238 e. The highest BCUT2D eigenvalue weighted by Crippen LogP contribution is 2.16. The number of carbonyl (C=O) groups is 1. The Balaban J connectivity index is 2.65. The van der Waals surface area contributed by atoms with Gasteiger partial charge in [0.2, 0.25) is 5.91 Å². The normalized spacial score (nSPS) is 14.4. The summed E-state index contributed by atoms with van der Waals surface area (Å²) in [6.07, 6.45) is 0. The van der Waals surface area contributed by atoms with Crippen LogP contribution in [-0.2, 0) is 4.79 Å². The van der Waals surface area contributed by atoms with Gasteiger partial charge in [0, 0.05) is 5.02 Å². The number of hydrogen-bond acceptors (Lipinski definition) is 1. The van der Waals surface area contributed by atoms with Crippen molar-refractivity contribution in [1.29, 1.82) is 0 Å². The minimum atomic E-state index is -0.514. The molecule has 1 amide bonds. The number of amides is 1. The minimum absolute atomic E-state index is 0.0593. The summed E-state index contributed by atoms with van der Waals surface area (Å²) in [7, 11) is 0. The molecule has 0 unspecified atom stereocenters. The number of carbonyl (C=O) groups excluding carboxylic acids is 1. The molecule has 2 nitrogen and oxygen atoms in total. The lowest BCUT2D eigenvalue weighted by molar-refractivity contribution is -0.121. The summed E-state index contributed by atoms with van der Waals surface area (Å²) in [5.41, 5.74) is 1.00. The standard InChI is InChI=1S/C11H13Cl2NO/c1-7(12)11(15)14-8(2)9-3-5-10(13)6-4-9/h3-8H,1-2H3,(H,14,15)/t7-,8-/m1/s1. The minimum Gasteiger partial charge on any atom is -0.348 e. The van der Waals surface area contributed by atoms with Gasteiger partial charge in [-0.05, 0) is 31.5 Å². The van der Waals surface area contributed by atoms with Crippen molar-refractivity contribution < 1.29 is 4.79 Å². The van der Waals surface area contributed by atoms with Crippen molar-refractivity contribution in [3.8, 4) is 0 Å². The Bertz CT molecular complexity index is 335. The van der Waals surface area contributed by atoms with Gasteiger partial charge >= 0.3 is 0 Å². The molecule has 0 aliphatic rings. The van der Waals surface area contributed by atoms with E-state index in [1.54, 1.807) is 19.1 Å². The summed E-state index contributed by atoms with van der Waals surface area (Å²) >= 11 is 11.4. The molecule has 0 aromatic heterocycles. The fraction of sp³-hybridized carbons (Fsp3) is 0.364. The summed E-state index contributed by atoms with van der Waals surface area (Å²) in [4.78, 5) is 11.3. The number of nitrogens with one attached hydrogen (secondary N) is 1. The molecule has 0 bridgehead atoms. The van der Waals surface area contributed by atoms with E-state index in [2.05, 4.69) is 5.32 Å². The van der Waals surface area contributed by atoms with E-state index in [0.29, 0.717) is 5.02 Å². The van der Waals surface area contributed by atoms with E-state index in [0.717, 1.165) is 5.56 Å². The first kappa shape index (κ1) is 12.3. The topological polar surface area (TPSA) is 29.1 Å². The number of hydrogen-bond donors (Lipinski definition) is 1. The van der Waals surface area contributed by atoms with E-state index in [1.807, 2.05) is 19.1 Å².